The van der Waals surface area contributed by atoms with Gasteiger partial charge in [0.15, 0.2) is 11.5 Å². The Morgan fingerprint density at radius 3 is 2.62 bits per heavy atom. The average Bonchev–Trinajstić information content (AvgIpc) is 2.50. The first-order valence-electron chi connectivity index (χ1n) is 7.42. The third kappa shape index (κ3) is 4.33. The first-order chi connectivity index (χ1) is 10.1. The van der Waals surface area contributed by atoms with E-state index < -0.39 is 6.10 Å². The molecule has 0 aliphatic carbocycles. The molecular formula is C16H25NO4. The van der Waals surface area contributed by atoms with Crippen LogP contribution in [0, 0.1) is 0 Å². The molecule has 5 heteroatoms. The summed E-state index contributed by atoms with van der Waals surface area (Å²) in [5.41, 5.74) is 0.849. The predicted octanol–water partition coefficient (Wildman–Crippen LogP) is 1.85. The molecule has 1 aromatic carbocycles. The van der Waals surface area contributed by atoms with Crippen molar-refractivity contribution in [3.63, 3.8) is 0 Å². The zero-order valence-corrected chi connectivity index (χ0v) is 13.0. The topological polar surface area (TPSA) is 51.2 Å². The van der Waals surface area contributed by atoms with E-state index in [9.17, 15) is 5.11 Å². The number of fused-ring (bicyclic) bond motifs is 1. The van der Waals surface area contributed by atoms with Crippen LogP contribution in [0.2, 0.25) is 0 Å². The number of rotatable bonds is 7. The van der Waals surface area contributed by atoms with Gasteiger partial charge in [-0.3, -0.25) is 4.90 Å². The Morgan fingerprint density at radius 1 is 1.24 bits per heavy atom. The molecule has 0 aromatic heterocycles. The fraction of sp³-hybridized carbons (Fsp3) is 0.625. The summed E-state index contributed by atoms with van der Waals surface area (Å²) in [7, 11) is 1.69. The molecule has 0 fully saturated rings. The first kappa shape index (κ1) is 16.1. The van der Waals surface area contributed by atoms with Crippen molar-refractivity contribution in [3.8, 4) is 11.5 Å². The van der Waals surface area contributed by atoms with Crippen molar-refractivity contribution >= 4 is 0 Å². The quantitative estimate of drug-likeness (QED) is 0.832. The third-order valence-corrected chi connectivity index (χ3v) is 3.67. The van der Waals surface area contributed by atoms with Gasteiger partial charge in [-0.25, -0.2) is 0 Å². The summed E-state index contributed by atoms with van der Waals surface area (Å²) in [4.78, 5) is 2.20. The minimum atomic E-state index is -0.555. The van der Waals surface area contributed by atoms with Gasteiger partial charge >= 0.3 is 0 Å². The number of hydrogen-bond acceptors (Lipinski definition) is 5. The number of nitrogens with zero attached hydrogens (tertiary/aromatic N) is 1. The van der Waals surface area contributed by atoms with Crippen molar-refractivity contribution in [1.82, 2.24) is 4.90 Å². The molecule has 118 valence electrons. The maximum Gasteiger partial charge on any atom is 0.161 e. The molecule has 2 rings (SSSR count). The molecule has 1 atom stereocenters. The van der Waals surface area contributed by atoms with Crippen molar-refractivity contribution in [2.45, 2.75) is 26.0 Å². The van der Waals surface area contributed by atoms with Gasteiger partial charge in [0.2, 0.25) is 0 Å². The van der Waals surface area contributed by atoms with E-state index in [4.69, 9.17) is 14.2 Å². The van der Waals surface area contributed by atoms with E-state index in [2.05, 4.69) is 18.7 Å². The van der Waals surface area contributed by atoms with E-state index in [1.54, 1.807) is 7.11 Å². The van der Waals surface area contributed by atoms with Crippen molar-refractivity contribution in [3.05, 3.63) is 23.8 Å². The van der Waals surface area contributed by atoms with Crippen molar-refractivity contribution < 1.29 is 19.3 Å². The van der Waals surface area contributed by atoms with Gasteiger partial charge in [-0.1, -0.05) is 6.07 Å². The van der Waals surface area contributed by atoms with Crippen LogP contribution < -0.4 is 9.47 Å². The molecule has 1 aliphatic heterocycles. The minimum Gasteiger partial charge on any atom is -0.486 e. The standard InChI is InChI=1S/C16H25NO4/c1-12(2)17(6-7-19-3)11-14(18)13-4-5-15-16(10-13)21-9-8-20-15/h4-5,10,12,14,18H,6-9,11H2,1-3H3. The van der Waals surface area contributed by atoms with Gasteiger partial charge in [0.1, 0.15) is 13.2 Å². The number of aliphatic hydroxyl groups is 1. The smallest absolute Gasteiger partial charge is 0.161 e. The number of hydrogen-bond donors (Lipinski definition) is 1. The molecule has 0 saturated heterocycles. The van der Waals surface area contributed by atoms with E-state index in [0.29, 0.717) is 38.2 Å². The van der Waals surface area contributed by atoms with E-state index in [1.165, 1.54) is 0 Å². The molecule has 0 amide bonds. The second-order valence-electron chi connectivity index (χ2n) is 5.50. The Kier molecular flexibility index (Phi) is 5.85. The van der Waals surface area contributed by atoms with Gasteiger partial charge in [-0.15, -0.1) is 0 Å². The van der Waals surface area contributed by atoms with Crippen LogP contribution in [0.5, 0.6) is 11.5 Å². The summed E-state index contributed by atoms with van der Waals surface area (Å²) in [6.07, 6.45) is -0.555. The molecule has 1 N–H and O–H groups in total. The zero-order valence-electron chi connectivity index (χ0n) is 13.0. The second kappa shape index (κ2) is 7.64. The van der Waals surface area contributed by atoms with Crippen LogP contribution in [-0.2, 0) is 4.74 Å². The maximum atomic E-state index is 10.5. The SMILES string of the molecule is COCCN(CC(O)c1ccc2c(c1)OCCO2)C(C)C. The van der Waals surface area contributed by atoms with Gasteiger partial charge in [-0.2, -0.15) is 0 Å². The molecule has 1 heterocycles. The molecule has 0 bridgehead atoms. The van der Waals surface area contributed by atoms with Crippen LogP contribution >= 0.6 is 0 Å². The Labute approximate surface area is 126 Å². The molecule has 0 saturated carbocycles. The normalized spacial score (nSPS) is 15.5. The van der Waals surface area contributed by atoms with Crippen LogP contribution in [0.4, 0.5) is 0 Å². The summed E-state index contributed by atoms with van der Waals surface area (Å²) in [6, 6.07) is 5.98. The summed E-state index contributed by atoms with van der Waals surface area (Å²) >= 11 is 0. The molecule has 21 heavy (non-hydrogen) atoms. The largest absolute Gasteiger partial charge is 0.486 e. The highest BCUT2D eigenvalue weighted by atomic mass is 16.6. The molecular weight excluding hydrogens is 270 g/mol. The predicted molar refractivity (Wildman–Crippen MR) is 81.0 cm³/mol. The Balaban J connectivity index is 2.02. The summed E-state index contributed by atoms with van der Waals surface area (Å²) in [5, 5.41) is 10.5. The summed E-state index contributed by atoms with van der Waals surface area (Å²) in [5.74, 6) is 1.46. The highest BCUT2D eigenvalue weighted by molar-refractivity contribution is 5.44. The Bertz CT molecular complexity index is 450. The first-order valence-corrected chi connectivity index (χ1v) is 7.42. The molecule has 1 unspecified atom stereocenters. The molecule has 0 radical (unpaired) electrons. The summed E-state index contributed by atoms with van der Waals surface area (Å²) < 4.78 is 16.2. The second-order valence-corrected chi connectivity index (χ2v) is 5.50. The van der Waals surface area contributed by atoms with Gasteiger partial charge in [0, 0.05) is 26.2 Å². The lowest BCUT2D eigenvalue weighted by atomic mass is 10.1. The van der Waals surface area contributed by atoms with Gasteiger partial charge in [0.25, 0.3) is 0 Å². The number of ether oxygens (including phenoxy) is 3. The van der Waals surface area contributed by atoms with Crippen LogP contribution in [0.3, 0.4) is 0 Å². The Morgan fingerprint density at radius 2 is 1.95 bits per heavy atom. The van der Waals surface area contributed by atoms with Crippen LogP contribution in [0.15, 0.2) is 18.2 Å². The highest BCUT2D eigenvalue weighted by Gasteiger charge is 2.19. The van der Waals surface area contributed by atoms with Gasteiger partial charge in [-0.05, 0) is 31.5 Å². The molecule has 1 aromatic rings. The lowest BCUT2D eigenvalue weighted by Crippen LogP contribution is -2.37. The fourth-order valence-corrected chi connectivity index (χ4v) is 2.36. The maximum absolute atomic E-state index is 10.5. The summed E-state index contributed by atoms with van der Waals surface area (Å²) in [6.45, 7) is 7.40. The van der Waals surface area contributed by atoms with Crippen LogP contribution in [-0.4, -0.2) is 56.1 Å². The van der Waals surface area contributed by atoms with Crippen molar-refractivity contribution in [2.24, 2.45) is 0 Å². The van der Waals surface area contributed by atoms with E-state index in [1.807, 2.05) is 18.2 Å². The highest BCUT2D eigenvalue weighted by Crippen LogP contribution is 2.32. The average molecular weight is 295 g/mol. The zero-order chi connectivity index (χ0) is 15.2. The number of benzene rings is 1. The number of aliphatic hydroxyl groups excluding tert-OH is 1. The van der Waals surface area contributed by atoms with Gasteiger partial charge in [0.05, 0.1) is 12.7 Å². The molecule has 0 spiro atoms. The monoisotopic (exact) mass is 295 g/mol. The lowest BCUT2D eigenvalue weighted by molar-refractivity contribution is 0.0717. The Hall–Kier alpha value is -1.30. The van der Waals surface area contributed by atoms with Crippen molar-refractivity contribution in [1.29, 1.82) is 0 Å². The van der Waals surface area contributed by atoms with Gasteiger partial charge < -0.3 is 19.3 Å². The molecule has 5 nitrogen and oxygen atoms in total. The molecule has 1 aliphatic rings. The number of methoxy groups -OCH3 is 1. The minimum absolute atomic E-state index is 0.354. The van der Waals surface area contributed by atoms with E-state index >= 15 is 0 Å². The van der Waals surface area contributed by atoms with E-state index in [-0.39, 0.29) is 0 Å². The third-order valence-electron chi connectivity index (χ3n) is 3.67. The fourth-order valence-electron chi connectivity index (χ4n) is 2.36. The van der Waals surface area contributed by atoms with Crippen LogP contribution in [0.25, 0.3) is 0 Å². The van der Waals surface area contributed by atoms with Crippen molar-refractivity contribution in [2.75, 3.05) is 40.0 Å². The van der Waals surface area contributed by atoms with E-state index in [0.717, 1.165) is 17.9 Å². The lowest BCUT2D eigenvalue weighted by Gasteiger charge is -2.29. The van der Waals surface area contributed by atoms with Crippen LogP contribution in [0.1, 0.15) is 25.5 Å².